The van der Waals surface area contributed by atoms with E-state index in [0.29, 0.717) is 18.2 Å². The van der Waals surface area contributed by atoms with Crippen LogP contribution in [-0.2, 0) is 23.2 Å². The van der Waals surface area contributed by atoms with E-state index in [2.05, 4.69) is 15.2 Å². The van der Waals surface area contributed by atoms with E-state index in [0.717, 1.165) is 50.4 Å². The average molecular weight is 417 g/mol. The molecule has 29 heavy (non-hydrogen) atoms. The minimum Gasteiger partial charge on any atom is -0.383 e. The quantitative estimate of drug-likeness (QED) is 0.777. The van der Waals surface area contributed by atoms with Gasteiger partial charge in [-0.1, -0.05) is 23.7 Å². The van der Waals surface area contributed by atoms with Crippen molar-refractivity contribution in [3.8, 4) is 0 Å². The summed E-state index contributed by atoms with van der Waals surface area (Å²) in [6.45, 7) is 4.51. The van der Waals surface area contributed by atoms with Gasteiger partial charge in [0.15, 0.2) is 0 Å². The summed E-state index contributed by atoms with van der Waals surface area (Å²) in [6, 6.07) is 7.26. The van der Waals surface area contributed by atoms with E-state index < -0.39 is 11.5 Å². The molecule has 2 aliphatic heterocycles. The predicted octanol–water partition coefficient (Wildman–Crippen LogP) is 1.82. The molecule has 1 aromatic carbocycles. The first-order valence-corrected chi connectivity index (χ1v) is 10.2. The first-order chi connectivity index (χ1) is 14.0. The lowest BCUT2D eigenvalue weighted by atomic mass is 9.85. The van der Waals surface area contributed by atoms with Crippen LogP contribution in [0.1, 0.15) is 34.6 Å². The maximum absolute atomic E-state index is 12.6. The molecule has 1 spiro atoms. The topological polar surface area (TPSA) is 76.5 Å². The molecule has 4 rings (SSSR count). The molecule has 0 unspecified atom stereocenters. The Bertz CT molecular complexity index is 977. The Balaban J connectivity index is 1.49. The molecule has 2 aromatic rings. The van der Waals surface area contributed by atoms with Crippen LogP contribution in [-0.4, -0.2) is 53.7 Å². The molecule has 0 bridgehead atoms. The first kappa shape index (κ1) is 20.1. The van der Waals surface area contributed by atoms with Crippen molar-refractivity contribution in [2.75, 3.05) is 33.4 Å². The van der Waals surface area contributed by atoms with Gasteiger partial charge in [-0.05, 0) is 37.1 Å². The van der Waals surface area contributed by atoms with E-state index in [1.54, 1.807) is 25.4 Å². The summed E-state index contributed by atoms with van der Waals surface area (Å²) in [7, 11) is 1.71. The zero-order valence-corrected chi connectivity index (χ0v) is 17.2. The van der Waals surface area contributed by atoms with E-state index in [1.807, 2.05) is 16.7 Å². The highest BCUT2D eigenvalue weighted by Gasteiger charge is 2.46. The molecule has 0 aliphatic carbocycles. The van der Waals surface area contributed by atoms with Crippen molar-refractivity contribution in [3.05, 3.63) is 62.8 Å². The van der Waals surface area contributed by atoms with Gasteiger partial charge in [-0.25, -0.2) is 0 Å². The Hall–Kier alpha value is -2.22. The lowest BCUT2D eigenvalue weighted by Gasteiger charge is -2.23. The molecule has 1 N–H and O–H groups in total. The number of hydrogen-bond acceptors (Lipinski definition) is 5. The summed E-state index contributed by atoms with van der Waals surface area (Å²) in [5.74, 6) is 0.403. The largest absolute Gasteiger partial charge is 0.383 e. The van der Waals surface area contributed by atoms with Gasteiger partial charge >= 0.3 is 0 Å². The van der Waals surface area contributed by atoms with Crippen LogP contribution in [0.15, 0.2) is 35.3 Å². The van der Waals surface area contributed by atoms with Gasteiger partial charge in [0.1, 0.15) is 11.4 Å². The van der Waals surface area contributed by atoms with Gasteiger partial charge < -0.3 is 19.5 Å². The minimum atomic E-state index is -0.462. The molecule has 3 heterocycles. The van der Waals surface area contributed by atoms with Crippen LogP contribution in [0.4, 0.5) is 0 Å². The zero-order chi connectivity index (χ0) is 20.4. The third kappa shape index (κ3) is 4.08. The Morgan fingerprint density at radius 3 is 2.97 bits per heavy atom. The van der Waals surface area contributed by atoms with Gasteiger partial charge in [0, 0.05) is 49.9 Å². The van der Waals surface area contributed by atoms with E-state index >= 15 is 0 Å². The molecular weight excluding hydrogens is 392 g/mol. The monoisotopic (exact) mass is 416 g/mol. The summed E-state index contributed by atoms with van der Waals surface area (Å²) < 4.78 is 7.16. The highest BCUT2D eigenvalue weighted by atomic mass is 35.5. The van der Waals surface area contributed by atoms with Crippen molar-refractivity contribution < 1.29 is 9.53 Å². The molecule has 1 fully saturated rings. The Morgan fingerprint density at radius 2 is 2.17 bits per heavy atom. The van der Waals surface area contributed by atoms with Crippen LogP contribution >= 0.6 is 11.6 Å². The van der Waals surface area contributed by atoms with E-state index in [1.165, 1.54) is 0 Å². The summed E-state index contributed by atoms with van der Waals surface area (Å²) in [4.78, 5) is 31.9. The number of ether oxygens (including phenoxy) is 1. The first-order valence-electron chi connectivity index (χ1n) is 9.87. The van der Waals surface area contributed by atoms with Crippen LogP contribution < -0.4 is 10.9 Å². The molecule has 2 aliphatic rings. The lowest BCUT2D eigenvalue weighted by molar-refractivity contribution is 0.0948. The average Bonchev–Trinajstić information content (AvgIpc) is 3.28. The standard InChI is InChI=1S/C21H25ClN4O3/c1-29-10-9-25-7-5-21(14-25)6-8-26-13-17(19(28)24-20(21)26)18(27)23-12-15-3-2-4-16(22)11-15/h2-4,11,13H,5-10,12,14H2,1H3,(H,23,27)/t21-/m1/s1. The number of amides is 1. The fourth-order valence-electron chi connectivity index (χ4n) is 4.37. The van der Waals surface area contributed by atoms with E-state index in [-0.39, 0.29) is 11.0 Å². The fourth-order valence-corrected chi connectivity index (χ4v) is 4.58. The third-order valence-electron chi connectivity index (χ3n) is 5.93. The number of aromatic nitrogens is 2. The minimum absolute atomic E-state index is 0.0852. The molecule has 154 valence electrons. The number of methoxy groups -OCH3 is 1. The van der Waals surface area contributed by atoms with Crippen molar-refractivity contribution in [1.29, 1.82) is 0 Å². The maximum Gasteiger partial charge on any atom is 0.285 e. The van der Waals surface area contributed by atoms with Crippen molar-refractivity contribution in [1.82, 2.24) is 19.8 Å². The molecule has 1 atom stereocenters. The highest BCUT2D eigenvalue weighted by molar-refractivity contribution is 6.30. The smallest absolute Gasteiger partial charge is 0.285 e. The van der Waals surface area contributed by atoms with Gasteiger partial charge in [-0.3, -0.25) is 9.59 Å². The number of aryl methyl sites for hydroxylation is 1. The van der Waals surface area contributed by atoms with Gasteiger partial charge in [0.2, 0.25) is 0 Å². The SMILES string of the molecule is COCCN1CC[C@@]2(CCn3cc(C(=O)NCc4cccc(Cl)c4)c(=O)nc32)C1. The molecule has 1 aromatic heterocycles. The molecular formula is C21H25ClN4O3. The molecule has 0 saturated carbocycles. The number of fused-ring (bicyclic) bond motifs is 2. The van der Waals surface area contributed by atoms with Crippen molar-refractivity contribution in [3.63, 3.8) is 0 Å². The second-order valence-electron chi connectivity index (χ2n) is 7.84. The van der Waals surface area contributed by atoms with Crippen LogP contribution in [0, 0.1) is 0 Å². The zero-order valence-electron chi connectivity index (χ0n) is 16.5. The number of benzene rings is 1. The van der Waals surface area contributed by atoms with Crippen molar-refractivity contribution in [2.45, 2.75) is 31.3 Å². The molecule has 7 nitrogen and oxygen atoms in total. The van der Waals surface area contributed by atoms with Crippen LogP contribution in [0.2, 0.25) is 5.02 Å². The van der Waals surface area contributed by atoms with Crippen LogP contribution in [0.5, 0.6) is 0 Å². The van der Waals surface area contributed by atoms with Gasteiger partial charge in [0.25, 0.3) is 11.5 Å². The van der Waals surface area contributed by atoms with Gasteiger partial charge in [-0.15, -0.1) is 0 Å². The highest BCUT2D eigenvalue weighted by Crippen LogP contribution is 2.40. The summed E-state index contributed by atoms with van der Waals surface area (Å²) in [5, 5.41) is 3.40. The third-order valence-corrected chi connectivity index (χ3v) is 6.17. The number of nitrogens with zero attached hydrogens (tertiary/aromatic N) is 3. The van der Waals surface area contributed by atoms with E-state index in [9.17, 15) is 9.59 Å². The number of hydrogen-bond donors (Lipinski definition) is 1. The maximum atomic E-state index is 12.6. The summed E-state index contributed by atoms with van der Waals surface area (Å²) in [5.41, 5.74) is 0.405. The Labute approximate surface area is 174 Å². The van der Waals surface area contributed by atoms with Crippen LogP contribution in [0.25, 0.3) is 0 Å². The number of nitrogens with one attached hydrogen (secondary N) is 1. The van der Waals surface area contributed by atoms with Gasteiger partial charge in [-0.2, -0.15) is 4.98 Å². The second kappa shape index (κ2) is 8.26. The number of rotatable bonds is 6. The lowest BCUT2D eigenvalue weighted by Crippen LogP contribution is -2.35. The number of halogens is 1. The predicted molar refractivity (Wildman–Crippen MR) is 110 cm³/mol. The van der Waals surface area contributed by atoms with Crippen LogP contribution in [0.3, 0.4) is 0 Å². The normalized spacial score (nSPS) is 20.9. The molecule has 1 amide bonds. The Kier molecular flexibility index (Phi) is 5.72. The number of likely N-dealkylation sites (tertiary alicyclic amines) is 1. The molecule has 8 heteroatoms. The summed E-state index contributed by atoms with van der Waals surface area (Å²) in [6.07, 6.45) is 3.59. The van der Waals surface area contributed by atoms with Crippen molar-refractivity contribution in [2.24, 2.45) is 0 Å². The second-order valence-corrected chi connectivity index (χ2v) is 8.28. The fraction of sp³-hybridized carbons (Fsp3) is 0.476. The van der Waals surface area contributed by atoms with Gasteiger partial charge in [0.05, 0.1) is 6.61 Å². The molecule has 0 radical (unpaired) electrons. The number of carbonyl (C=O) groups is 1. The Morgan fingerprint density at radius 1 is 1.34 bits per heavy atom. The van der Waals surface area contributed by atoms with E-state index in [4.69, 9.17) is 16.3 Å². The van der Waals surface area contributed by atoms with Crippen molar-refractivity contribution >= 4 is 17.5 Å². The molecule has 1 saturated heterocycles. The summed E-state index contributed by atoms with van der Waals surface area (Å²) >= 11 is 5.98. The number of carbonyl (C=O) groups excluding carboxylic acids is 1.